The van der Waals surface area contributed by atoms with Crippen molar-refractivity contribution in [2.45, 2.75) is 62.9 Å². The van der Waals surface area contributed by atoms with Crippen molar-refractivity contribution in [3.05, 3.63) is 35.9 Å². The van der Waals surface area contributed by atoms with Gasteiger partial charge in [-0.2, -0.15) is 11.8 Å². The first-order valence-corrected chi connectivity index (χ1v) is 12.7. The summed E-state index contributed by atoms with van der Waals surface area (Å²) in [5.74, 6) is -4.32. The molecule has 0 heterocycles. The van der Waals surface area contributed by atoms with Crippen molar-refractivity contribution in [3.8, 4) is 0 Å². The van der Waals surface area contributed by atoms with Crippen molar-refractivity contribution in [2.75, 3.05) is 12.0 Å². The summed E-state index contributed by atoms with van der Waals surface area (Å²) in [6, 6.07) is 3.76. The summed E-state index contributed by atoms with van der Waals surface area (Å²) in [6.07, 6.45) is 0.191. The van der Waals surface area contributed by atoms with Crippen molar-refractivity contribution >= 4 is 41.4 Å². The van der Waals surface area contributed by atoms with Gasteiger partial charge in [-0.15, -0.1) is 0 Å². The third-order valence-corrected chi connectivity index (χ3v) is 5.86. The highest BCUT2D eigenvalue weighted by Gasteiger charge is 2.31. The van der Waals surface area contributed by atoms with E-state index in [9.17, 15) is 34.2 Å². The van der Waals surface area contributed by atoms with Crippen molar-refractivity contribution in [1.82, 2.24) is 16.0 Å². The molecule has 1 aromatic carbocycles. The first-order valence-electron chi connectivity index (χ1n) is 11.3. The van der Waals surface area contributed by atoms with Crippen LogP contribution in [-0.4, -0.2) is 87.3 Å². The number of nitrogens with one attached hydrogen (secondary N) is 3. The van der Waals surface area contributed by atoms with E-state index in [0.29, 0.717) is 11.3 Å². The molecule has 0 saturated heterocycles. The van der Waals surface area contributed by atoms with Crippen LogP contribution in [0.5, 0.6) is 0 Å². The monoisotopic (exact) mass is 526 g/mol. The quantitative estimate of drug-likeness (QED) is 0.141. The summed E-state index contributed by atoms with van der Waals surface area (Å²) in [7, 11) is 0. The summed E-state index contributed by atoms with van der Waals surface area (Å²) in [5.41, 5.74) is 6.49. The van der Waals surface area contributed by atoms with Gasteiger partial charge in [0.25, 0.3) is 0 Å². The molecule has 36 heavy (non-hydrogen) atoms. The Morgan fingerprint density at radius 1 is 0.917 bits per heavy atom. The lowest BCUT2D eigenvalue weighted by atomic mass is 10.0. The number of aliphatic carboxylic acids is 2. The largest absolute Gasteiger partial charge is 0.481 e. The van der Waals surface area contributed by atoms with Crippen LogP contribution >= 0.6 is 11.8 Å². The topological polar surface area (TPSA) is 208 Å². The summed E-state index contributed by atoms with van der Waals surface area (Å²) in [4.78, 5) is 60.7. The van der Waals surface area contributed by atoms with E-state index in [0.717, 1.165) is 0 Å². The molecule has 200 valence electrons. The molecule has 1 rings (SSSR count). The smallest absolute Gasteiger partial charge is 0.328 e. The summed E-state index contributed by atoms with van der Waals surface area (Å²) in [6.45, 7) is 1.22. The molecule has 0 aromatic heterocycles. The molecular formula is C23H34N4O8S. The van der Waals surface area contributed by atoms with Crippen LogP contribution in [0.1, 0.15) is 31.7 Å². The number of aliphatic hydroxyl groups is 1. The predicted octanol–water partition coefficient (Wildman–Crippen LogP) is -0.906. The number of hydrogen-bond donors (Lipinski definition) is 7. The van der Waals surface area contributed by atoms with Crippen LogP contribution in [-0.2, 0) is 30.4 Å². The standard InChI is InChI=1S/C23H34N4O8S/c1-13(28)19(23(34)35)27-21(32)16(10-11-36-2)25-22(33)17(12-14-6-4-3-5-7-14)26-20(31)15(24)8-9-18(29)30/h3-7,13,15-17,19,28H,8-12,24H2,1-2H3,(H,25,33)(H,26,31)(H,27,32)(H,29,30)(H,34,35). The molecule has 0 aliphatic carbocycles. The number of carbonyl (C=O) groups is 5. The van der Waals surface area contributed by atoms with E-state index in [4.69, 9.17) is 10.8 Å². The van der Waals surface area contributed by atoms with Crippen LogP contribution in [0, 0.1) is 0 Å². The number of nitrogens with two attached hydrogens (primary N) is 1. The normalized spacial score (nSPS) is 15.0. The minimum Gasteiger partial charge on any atom is -0.481 e. The second-order valence-corrected chi connectivity index (χ2v) is 9.18. The number of carboxylic acid groups (broad SMARTS) is 2. The molecule has 13 heteroatoms. The maximum atomic E-state index is 13.2. The highest BCUT2D eigenvalue weighted by atomic mass is 32.2. The third kappa shape index (κ3) is 11.1. The lowest BCUT2D eigenvalue weighted by Crippen LogP contribution is -2.58. The number of benzene rings is 1. The van der Waals surface area contributed by atoms with E-state index in [1.165, 1.54) is 18.7 Å². The number of aliphatic hydroxyl groups excluding tert-OH is 1. The minimum atomic E-state index is -1.57. The molecule has 0 saturated carbocycles. The second-order valence-electron chi connectivity index (χ2n) is 8.20. The van der Waals surface area contributed by atoms with Gasteiger partial charge in [0.05, 0.1) is 12.1 Å². The van der Waals surface area contributed by atoms with E-state index in [1.807, 2.05) is 0 Å². The fourth-order valence-corrected chi connectivity index (χ4v) is 3.64. The van der Waals surface area contributed by atoms with E-state index in [-0.39, 0.29) is 25.7 Å². The van der Waals surface area contributed by atoms with Gasteiger partial charge in [-0.05, 0) is 37.3 Å². The Labute approximate surface area is 213 Å². The molecule has 0 aliphatic heterocycles. The van der Waals surface area contributed by atoms with Crippen LogP contribution in [0.3, 0.4) is 0 Å². The Hall–Kier alpha value is -3.16. The number of amides is 3. The third-order valence-electron chi connectivity index (χ3n) is 5.21. The lowest BCUT2D eigenvalue weighted by molar-refractivity contribution is -0.145. The molecule has 5 unspecified atom stereocenters. The number of carbonyl (C=O) groups excluding carboxylic acids is 3. The van der Waals surface area contributed by atoms with Crippen LogP contribution in [0.4, 0.5) is 0 Å². The summed E-state index contributed by atoms with van der Waals surface area (Å²) < 4.78 is 0. The van der Waals surface area contributed by atoms with E-state index >= 15 is 0 Å². The molecule has 0 spiro atoms. The average molecular weight is 527 g/mol. The number of rotatable bonds is 16. The van der Waals surface area contributed by atoms with E-state index in [2.05, 4.69) is 16.0 Å². The van der Waals surface area contributed by atoms with Crippen LogP contribution in [0.15, 0.2) is 30.3 Å². The molecule has 5 atom stereocenters. The molecule has 0 radical (unpaired) electrons. The molecular weight excluding hydrogens is 492 g/mol. The van der Waals surface area contributed by atoms with Gasteiger partial charge in [0.15, 0.2) is 6.04 Å². The Kier molecular flexibility index (Phi) is 13.5. The Balaban J connectivity index is 3.07. The van der Waals surface area contributed by atoms with Crippen molar-refractivity contribution in [2.24, 2.45) is 5.73 Å². The maximum Gasteiger partial charge on any atom is 0.328 e. The number of thioether (sulfide) groups is 1. The molecule has 0 aliphatic rings. The van der Waals surface area contributed by atoms with Gasteiger partial charge in [0.2, 0.25) is 17.7 Å². The summed E-state index contributed by atoms with van der Waals surface area (Å²) >= 11 is 1.41. The highest BCUT2D eigenvalue weighted by Crippen LogP contribution is 2.08. The fraction of sp³-hybridized carbons (Fsp3) is 0.522. The fourth-order valence-electron chi connectivity index (χ4n) is 3.17. The molecule has 8 N–H and O–H groups in total. The van der Waals surface area contributed by atoms with E-state index in [1.54, 1.807) is 36.6 Å². The highest BCUT2D eigenvalue weighted by molar-refractivity contribution is 7.98. The maximum absolute atomic E-state index is 13.2. The zero-order valence-electron chi connectivity index (χ0n) is 20.2. The van der Waals surface area contributed by atoms with E-state index < -0.39 is 59.9 Å². The SMILES string of the molecule is CSCCC(NC(=O)C(Cc1ccccc1)NC(=O)C(N)CCC(=O)O)C(=O)NC(C(=O)O)C(C)O. The lowest BCUT2D eigenvalue weighted by Gasteiger charge is -2.26. The molecule has 0 bridgehead atoms. The minimum absolute atomic E-state index is 0.0619. The average Bonchev–Trinajstić information content (AvgIpc) is 2.82. The van der Waals surface area contributed by atoms with Gasteiger partial charge in [-0.1, -0.05) is 30.3 Å². The van der Waals surface area contributed by atoms with Crippen molar-refractivity contribution < 1.29 is 39.3 Å². The zero-order valence-corrected chi connectivity index (χ0v) is 21.0. The Morgan fingerprint density at radius 3 is 2.03 bits per heavy atom. The first kappa shape index (κ1) is 30.9. The second kappa shape index (κ2) is 15.8. The van der Waals surface area contributed by atoms with Crippen LogP contribution in [0.25, 0.3) is 0 Å². The Bertz CT molecular complexity index is 899. The number of hydrogen-bond acceptors (Lipinski definition) is 8. The van der Waals surface area contributed by atoms with Crippen LogP contribution in [0.2, 0.25) is 0 Å². The van der Waals surface area contributed by atoms with Gasteiger partial charge in [-0.3, -0.25) is 19.2 Å². The zero-order chi connectivity index (χ0) is 27.3. The molecule has 3 amide bonds. The van der Waals surface area contributed by atoms with Gasteiger partial charge >= 0.3 is 11.9 Å². The molecule has 12 nitrogen and oxygen atoms in total. The molecule has 1 aromatic rings. The van der Waals surface area contributed by atoms with Crippen molar-refractivity contribution in [3.63, 3.8) is 0 Å². The van der Waals surface area contributed by atoms with Crippen LogP contribution < -0.4 is 21.7 Å². The predicted molar refractivity (Wildman–Crippen MR) is 133 cm³/mol. The van der Waals surface area contributed by atoms with Gasteiger partial charge < -0.3 is 37.0 Å². The van der Waals surface area contributed by atoms with Gasteiger partial charge in [-0.25, -0.2) is 4.79 Å². The first-order chi connectivity index (χ1) is 17.0. The van der Waals surface area contributed by atoms with Crippen molar-refractivity contribution in [1.29, 1.82) is 0 Å². The molecule has 0 fully saturated rings. The Morgan fingerprint density at radius 2 is 1.50 bits per heavy atom. The van der Waals surface area contributed by atoms with Gasteiger partial charge in [0.1, 0.15) is 12.1 Å². The number of carboxylic acids is 2. The summed E-state index contributed by atoms with van der Waals surface area (Å²) in [5, 5.41) is 35.1. The van der Waals surface area contributed by atoms with Gasteiger partial charge in [0, 0.05) is 12.8 Å².